The number of hydrogen-bond donors (Lipinski definition) is 1. The lowest BCUT2D eigenvalue weighted by Gasteiger charge is -2.28. The van der Waals surface area contributed by atoms with Gasteiger partial charge in [-0.15, -0.1) is 0 Å². The van der Waals surface area contributed by atoms with Crippen molar-refractivity contribution in [3.05, 3.63) is 17.7 Å². The van der Waals surface area contributed by atoms with E-state index < -0.39 is 0 Å². The Bertz CT molecular complexity index is 495. The minimum atomic E-state index is 0.0260. The van der Waals surface area contributed by atoms with Crippen molar-refractivity contribution in [3.8, 4) is 0 Å². The Labute approximate surface area is 127 Å². The molecule has 0 aromatic carbocycles. The molecule has 0 bridgehead atoms. The molecular formula is C16H26N4O. The highest BCUT2D eigenvalue weighted by molar-refractivity contribution is 5.97. The van der Waals surface area contributed by atoms with E-state index in [4.69, 9.17) is 0 Å². The average Bonchev–Trinajstić information content (AvgIpc) is 3.01. The number of nitrogens with one attached hydrogen (secondary N) is 1. The summed E-state index contributed by atoms with van der Waals surface area (Å²) >= 11 is 0. The summed E-state index contributed by atoms with van der Waals surface area (Å²) in [6.07, 6.45) is 6.37. The van der Waals surface area contributed by atoms with Gasteiger partial charge in [0.25, 0.3) is 5.91 Å². The van der Waals surface area contributed by atoms with Crippen LogP contribution in [0.5, 0.6) is 0 Å². The third-order valence-electron chi connectivity index (χ3n) is 4.16. The Hall–Kier alpha value is -1.65. The van der Waals surface area contributed by atoms with Crippen molar-refractivity contribution in [1.82, 2.24) is 14.9 Å². The summed E-state index contributed by atoms with van der Waals surface area (Å²) in [4.78, 5) is 23.7. The Morgan fingerprint density at radius 2 is 2.10 bits per heavy atom. The maximum absolute atomic E-state index is 12.9. The summed E-state index contributed by atoms with van der Waals surface area (Å²) in [7, 11) is 1.80. The summed E-state index contributed by atoms with van der Waals surface area (Å²) in [6.45, 7) is 6.85. The molecule has 5 heteroatoms. The van der Waals surface area contributed by atoms with Gasteiger partial charge in [0.15, 0.2) is 5.69 Å². The van der Waals surface area contributed by atoms with Crippen LogP contribution in [0.25, 0.3) is 0 Å². The number of rotatable bonds is 5. The fourth-order valence-electron chi connectivity index (χ4n) is 2.94. The highest BCUT2D eigenvalue weighted by atomic mass is 16.2. The van der Waals surface area contributed by atoms with E-state index in [1.807, 2.05) is 25.7 Å². The number of amides is 1. The zero-order valence-corrected chi connectivity index (χ0v) is 13.5. The second kappa shape index (κ2) is 6.87. The summed E-state index contributed by atoms with van der Waals surface area (Å²) in [5.41, 5.74) is 1.21. The van der Waals surface area contributed by atoms with Crippen LogP contribution in [0.2, 0.25) is 0 Å². The first kappa shape index (κ1) is 15.7. The van der Waals surface area contributed by atoms with E-state index in [2.05, 4.69) is 15.3 Å². The van der Waals surface area contributed by atoms with Gasteiger partial charge in [0.1, 0.15) is 5.82 Å². The van der Waals surface area contributed by atoms with Crippen LogP contribution >= 0.6 is 0 Å². The van der Waals surface area contributed by atoms with E-state index in [0.29, 0.717) is 17.4 Å². The molecule has 0 unspecified atom stereocenters. The Morgan fingerprint density at radius 1 is 1.43 bits per heavy atom. The predicted octanol–water partition coefficient (Wildman–Crippen LogP) is 3.05. The van der Waals surface area contributed by atoms with Gasteiger partial charge in [-0.25, -0.2) is 9.97 Å². The number of carbonyl (C=O) groups is 1. The van der Waals surface area contributed by atoms with Crippen LogP contribution in [-0.4, -0.2) is 40.4 Å². The molecular weight excluding hydrogens is 264 g/mol. The maximum atomic E-state index is 12.9. The molecule has 1 aromatic rings. The van der Waals surface area contributed by atoms with Gasteiger partial charge in [-0.1, -0.05) is 26.7 Å². The minimum absolute atomic E-state index is 0.0260. The number of anilines is 1. The zero-order valence-electron chi connectivity index (χ0n) is 13.5. The Balaban J connectivity index is 2.33. The van der Waals surface area contributed by atoms with Crippen molar-refractivity contribution in [2.75, 3.05) is 18.9 Å². The Kier molecular flexibility index (Phi) is 5.15. The molecule has 0 spiro atoms. The molecule has 0 radical (unpaired) electrons. The second-order valence-electron chi connectivity index (χ2n) is 5.92. The van der Waals surface area contributed by atoms with E-state index in [1.165, 1.54) is 12.8 Å². The highest BCUT2D eigenvalue weighted by Gasteiger charge is 2.28. The average molecular weight is 290 g/mol. The van der Waals surface area contributed by atoms with E-state index in [0.717, 1.165) is 25.2 Å². The molecule has 0 atom stereocenters. The number of aromatic nitrogens is 2. The van der Waals surface area contributed by atoms with Crippen LogP contribution in [0.4, 0.5) is 5.69 Å². The molecule has 21 heavy (non-hydrogen) atoms. The van der Waals surface area contributed by atoms with Crippen molar-refractivity contribution < 1.29 is 4.79 Å². The van der Waals surface area contributed by atoms with Crippen LogP contribution in [0.3, 0.4) is 0 Å². The van der Waals surface area contributed by atoms with Gasteiger partial charge in [-0.05, 0) is 19.8 Å². The minimum Gasteiger partial charge on any atom is -0.385 e. The van der Waals surface area contributed by atoms with Crippen molar-refractivity contribution in [2.24, 2.45) is 0 Å². The molecule has 0 aliphatic heterocycles. The van der Waals surface area contributed by atoms with Gasteiger partial charge in [0.2, 0.25) is 0 Å². The van der Waals surface area contributed by atoms with Crippen molar-refractivity contribution >= 4 is 11.6 Å². The van der Waals surface area contributed by atoms with Crippen molar-refractivity contribution in [1.29, 1.82) is 0 Å². The summed E-state index contributed by atoms with van der Waals surface area (Å²) in [6, 6.07) is 0.365. The van der Waals surface area contributed by atoms with Crippen molar-refractivity contribution in [3.63, 3.8) is 0 Å². The molecule has 5 nitrogen and oxygen atoms in total. The molecule has 1 amide bonds. The lowest BCUT2D eigenvalue weighted by Crippen LogP contribution is -2.39. The molecule has 1 aliphatic carbocycles. The highest BCUT2D eigenvalue weighted by Crippen LogP contribution is 2.26. The molecule has 1 fully saturated rings. The maximum Gasteiger partial charge on any atom is 0.274 e. The van der Waals surface area contributed by atoms with E-state index in [1.54, 1.807) is 13.2 Å². The molecule has 1 aromatic heterocycles. The summed E-state index contributed by atoms with van der Waals surface area (Å²) in [5.74, 6) is 0.960. The van der Waals surface area contributed by atoms with Gasteiger partial charge in [-0.3, -0.25) is 4.79 Å². The van der Waals surface area contributed by atoms with E-state index in [9.17, 15) is 4.79 Å². The van der Waals surface area contributed by atoms with Crippen LogP contribution in [0, 0.1) is 0 Å². The molecule has 1 heterocycles. The number of nitrogens with zero attached hydrogens (tertiary/aromatic N) is 3. The van der Waals surface area contributed by atoms with Crippen molar-refractivity contribution in [2.45, 2.75) is 58.4 Å². The lowest BCUT2D eigenvalue weighted by molar-refractivity contribution is 0.0688. The predicted molar refractivity (Wildman–Crippen MR) is 84.6 cm³/mol. The van der Waals surface area contributed by atoms with Crippen LogP contribution in [-0.2, 0) is 0 Å². The van der Waals surface area contributed by atoms with Gasteiger partial charge >= 0.3 is 0 Å². The summed E-state index contributed by atoms with van der Waals surface area (Å²) in [5, 5.41) is 3.04. The van der Waals surface area contributed by atoms with Gasteiger partial charge in [-0.2, -0.15) is 0 Å². The van der Waals surface area contributed by atoms with Crippen LogP contribution in [0.1, 0.15) is 68.7 Å². The fourth-order valence-corrected chi connectivity index (χ4v) is 2.94. The smallest absolute Gasteiger partial charge is 0.274 e. The van der Waals surface area contributed by atoms with Gasteiger partial charge in [0, 0.05) is 25.6 Å². The first-order valence-electron chi connectivity index (χ1n) is 7.94. The zero-order chi connectivity index (χ0) is 15.4. The standard InChI is InChI=1S/C16H26N4O/c1-5-20(12-8-6-7-9-12)16(21)14-13(17-4)10-18-15(19-14)11(2)3/h10-12,17H,5-9H2,1-4H3. The molecule has 0 saturated heterocycles. The number of carbonyl (C=O) groups excluding carboxylic acids is 1. The quantitative estimate of drug-likeness (QED) is 0.905. The van der Waals surface area contributed by atoms with Gasteiger partial charge < -0.3 is 10.2 Å². The van der Waals surface area contributed by atoms with Crippen LogP contribution < -0.4 is 5.32 Å². The first-order chi connectivity index (χ1) is 10.1. The number of hydrogen-bond acceptors (Lipinski definition) is 4. The molecule has 2 rings (SSSR count). The normalized spacial score (nSPS) is 15.5. The van der Waals surface area contributed by atoms with Crippen LogP contribution in [0.15, 0.2) is 6.20 Å². The molecule has 1 N–H and O–H groups in total. The third kappa shape index (κ3) is 3.34. The van der Waals surface area contributed by atoms with Gasteiger partial charge in [0.05, 0.1) is 11.9 Å². The fraction of sp³-hybridized carbons (Fsp3) is 0.688. The summed E-state index contributed by atoms with van der Waals surface area (Å²) < 4.78 is 0. The molecule has 1 aliphatic rings. The lowest BCUT2D eigenvalue weighted by atomic mass is 10.1. The van der Waals surface area contributed by atoms with E-state index >= 15 is 0 Å². The topological polar surface area (TPSA) is 58.1 Å². The monoisotopic (exact) mass is 290 g/mol. The largest absolute Gasteiger partial charge is 0.385 e. The first-order valence-corrected chi connectivity index (χ1v) is 7.94. The van der Waals surface area contributed by atoms with E-state index in [-0.39, 0.29) is 11.8 Å². The SMILES string of the molecule is CCN(C(=O)c1nc(C(C)C)ncc1NC)C1CCCC1. The third-order valence-corrected chi connectivity index (χ3v) is 4.16. The molecule has 1 saturated carbocycles. The second-order valence-corrected chi connectivity index (χ2v) is 5.92. The molecule has 116 valence electrons. The Morgan fingerprint density at radius 3 is 2.62 bits per heavy atom.